The lowest BCUT2D eigenvalue weighted by molar-refractivity contribution is -0.00514. The standard InChI is InChI=1S/C29H31N7O3/c1-3-38-24-7-8-26-25(15-24)29(32-22-13-21-16-31-35-27(21)30-17-22)34-28(33-26)20-5-4-6-23(14-20)39-12-10-36-9-11-37-18-19(36)2/h4-8,13-17,19H,3,9-12,18H2,1-2H3,(H,30,31,35)(H,32,33,34). The predicted octanol–water partition coefficient (Wildman–Crippen LogP) is 4.81. The van der Waals surface area contributed by atoms with Crippen LogP contribution in [0.1, 0.15) is 13.8 Å². The Bertz CT molecular complexity index is 1590. The molecule has 3 aromatic heterocycles. The van der Waals surface area contributed by atoms with Crippen molar-refractivity contribution in [3.8, 4) is 22.9 Å². The van der Waals surface area contributed by atoms with E-state index >= 15 is 0 Å². The van der Waals surface area contributed by atoms with E-state index in [2.05, 4.69) is 32.3 Å². The van der Waals surface area contributed by atoms with Crippen molar-refractivity contribution in [1.82, 2.24) is 30.0 Å². The zero-order chi connectivity index (χ0) is 26.6. The number of ether oxygens (including phenoxy) is 3. The molecule has 10 nitrogen and oxygen atoms in total. The third kappa shape index (κ3) is 5.62. The van der Waals surface area contributed by atoms with Crippen molar-refractivity contribution in [2.24, 2.45) is 0 Å². The third-order valence-electron chi connectivity index (χ3n) is 6.78. The molecule has 1 saturated heterocycles. The number of anilines is 2. The average molecular weight is 526 g/mol. The summed E-state index contributed by atoms with van der Waals surface area (Å²) >= 11 is 0. The average Bonchev–Trinajstić information content (AvgIpc) is 3.43. The second kappa shape index (κ2) is 11.2. The molecule has 200 valence electrons. The molecule has 1 aliphatic rings. The van der Waals surface area contributed by atoms with E-state index in [-0.39, 0.29) is 0 Å². The van der Waals surface area contributed by atoms with Crippen LogP contribution in [0.5, 0.6) is 11.5 Å². The molecule has 5 aromatic rings. The van der Waals surface area contributed by atoms with Crippen molar-refractivity contribution < 1.29 is 14.2 Å². The summed E-state index contributed by atoms with van der Waals surface area (Å²) in [6.45, 7) is 8.64. The molecule has 0 spiro atoms. The number of hydrogen-bond donors (Lipinski definition) is 2. The molecule has 0 bridgehead atoms. The molecule has 0 aliphatic carbocycles. The van der Waals surface area contributed by atoms with E-state index in [0.29, 0.717) is 30.9 Å². The quantitative estimate of drug-likeness (QED) is 0.280. The Morgan fingerprint density at radius 3 is 2.90 bits per heavy atom. The highest BCUT2D eigenvalue weighted by atomic mass is 16.5. The summed E-state index contributed by atoms with van der Waals surface area (Å²) < 4.78 is 17.4. The molecule has 2 aromatic carbocycles. The molecule has 4 heterocycles. The Morgan fingerprint density at radius 2 is 2.00 bits per heavy atom. The second-order valence-corrected chi connectivity index (χ2v) is 9.50. The van der Waals surface area contributed by atoms with E-state index in [4.69, 9.17) is 24.2 Å². The van der Waals surface area contributed by atoms with Gasteiger partial charge in [-0.1, -0.05) is 12.1 Å². The van der Waals surface area contributed by atoms with Crippen molar-refractivity contribution in [3.05, 3.63) is 60.9 Å². The van der Waals surface area contributed by atoms with Crippen molar-refractivity contribution in [2.75, 3.05) is 44.8 Å². The number of fused-ring (bicyclic) bond motifs is 2. The number of hydrogen-bond acceptors (Lipinski definition) is 9. The summed E-state index contributed by atoms with van der Waals surface area (Å²) in [5.41, 5.74) is 3.20. The molecule has 1 fully saturated rings. The molecule has 1 atom stereocenters. The summed E-state index contributed by atoms with van der Waals surface area (Å²) in [5.74, 6) is 2.80. The first kappa shape index (κ1) is 25.0. The van der Waals surface area contributed by atoms with Crippen molar-refractivity contribution in [1.29, 1.82) is 0 Å². The van der Waals surface area contributed by atoms with E-state index in [1.165, 1.54) is 0 Å². The molecule has 2 N–H and O–H groups in total. The number of nitrogens with zero attached hydrogens (tertiary/aromatic N) is 5. The number of aromatic amines is 1. The first-order valence-electron chi connectivity index (χ1n) is 13.2. The molecular weight excluding hydrogens is 494 g/mol. The van der Waals surface area contributed by atoms with Gasteiger partial charge in [-0.3, -0.25) is 10.00 Å². The maximum Gasteiger partial charge on any atom is 0.162 e. The number of pyridine rings is 1. The van der Waals surface area contributed by atoms with Crippen molar-refractivity contribution in [2.45, 2.75) is 19.9 Å². The van der Waals surface area contributed by atoms with Gasteiger partial charge in [0.25, 0.3) is 0 Å². The maximum atomic E-state index is 6.12. The van der Waals surface area contributed by atoms with Crippen LogP contribution < -0.4 is 14.8 Å². The summed E-state index contributed by atoms with van der Waals surface area (Å²) in [6.07, 6.45) is 3.50. The minimum atomic E-state index is 0.401. The van der Waals surface area contributed by atoms with Crippen LogP contribution in [0, 0.1) is 0 Å². The number of benzene rings is 2. The Balaban J connectivity index is 1.29. The largest absolute Gasteiger partial charge is 0.494 e. The lowest BCUT2D eigenvalue weighted by Gasteiger charge is -2.32. The number of rotatable bonds is 9. The highest BCUT2D eigenvalue weighted by Gasteiger charge is 2.18. The fourth-order valence-electron chi connectivity index (χ4n) is 4.73. The van der Waals surface area contributed by atoms with Crippen LogP contribution in [-0.2, 0) is 4.74 Å². The minimum absolute atomic E-state index is 0.401. The summed E-state index contributed by atoms with van der Waals surface area (Å²) in [4.78, 5) is 16.7. The highest BCUT2D eigenvalue weighted by molar-refractivity contribution is 5.94. The number of nitrogens with one attached hydrogen (secondary N) is 2. The van der Waals surface area contributed by atoms with Gasteiger partial charge in [0.15, 0.2) is 11.5 Å². The van der Waals surface area contributed by atoms with Gasteiger partial charge in [0.2, 0.25) is 0 Å². The Hall–Kier alpha value is -4.28. The summed E-state index contributed by atoms with van der Waals surface area (Å²) in [6, 6.07) is 16.1. The van der Waals surface area contributed by atoms with E-state index in [1.807, 2.05) is 55.5 Å². The van der Waals surface area contributed by atoms with Gasteiger partial charge in [0, 0.05) is 35.5 Å². The van der Waals surface area contributed by atoms with Crippen molar-refractivity contribution >= 4 is 33.4 Å². The smallest absolute Gasteiger partial charge is 0.162 e. The van der Waals surface area contributed by atoms with Crippen LogP contribution in [0.25, 0.3) is 33.3 Å². The molecule has 0 amide bonds. The summed E-state index contributed by atoms with van der Waals surface area (Å²) in [5, 5.41) is 12.1. The zero-order valence-corrected chi connectivity index (χ0v) is 22.1. The van der Waals surface area contributed by atoms with Crippen LogP contribution in [-0.4, -0.2) is 75.6 Å². The zero-order valence-electron chi connectivity index (χ0n) is 22.1. The SMILES string of the molecule is CCOc1ccc2nc(-c3cccc(OCCN4CCOCC4C)c3)nc(Nc3cnc4[nH]ncc4c3)c2c1. The van der Waals surface area contributed by atoms with E-state index in [9.17, 15) is 0 Å². The second-order valence-electron chi connectivity index (χ2n) is 9.50. The van der Waals surface area contributed by atoms with Crippen molar-refractivity contribution in [3.63, 3.8) is 0 Å². The highest BCUT2D eigenvalue weighted by Crippen LogP contribution is 2.31. The minimum Gasteiger partial charge on any atom is -0.494 e. The Kier molecular flexibility index (Phi) is 7.20. The van der Waals surface area contributed by atoms with E-state index in [1.54, 1.807) is 12.4 Å². The lowest BCUT2D eigenvalue weighted by atomic mass is 10.1. The first-order valence-corrected chi connectivity index (χ1v) is 13.2. The first-order chi connectivity index (χ1) is 19.2. The molecule has 10 heteroatoms. The van der Waals surface area contributed by atoms with E-state index < -0.39 is 0 Å². The monoisotopic (exact) mass is 525 g/mol. The Morgan fingerprint density at radius 1 is 1.08 bits per heavy atom. The molecule has 1 aliphatic heterocycles. The molecule has 1 unspecified atom stereocenters. The molecule has 0 radical (unpaired) electrons. The molecular formula is C29H31N7O3. The molecule has 39 heavy (non-hydrogen) atoms. The molecule has 6 rings (SSSR count). The maximum absolute atomic E-state index is 6.12. The lowest BCUT2D eigenvalue weighted by Crippen LogP contribution is -2.45. The fourth-order valence-corrected chi connectivity index (χ4v) is 4.73. The van der Waals surface area contributed by atoms with Gasteiger partial charge in [-0.2, -0.15) is 5.10 Å². The van der Waals surface area contributed by atoms with Gasteiger partial charge in [-0.15, -0.1) is 0 Å². The Labute approximate surface area is 226 Å². The number of H-pyrrole nitrogens is 1. The van der Waals surface area contributed by atoms with Gasteiger partial charge in [0.1, 0.15) is 23.9 Å². The van der Waals surface area contributed by atoms with Crippen LogP contribution >= 0.6 is 0 Å². The van der Waals surface area contributed by atoms with Gasteiger partial charge < -0.3 is 19.5 Å². The molecule has 0 saturated carbocycles. The normalized spacial score (nSPS) is 16.0. The van der Waals surface area contributed by atoms with Gasteiger partial charge in [0.05, 0.1) is 43.4 Å². The number of morpholine rings is 1. The fraction of sp³-hybridized carbons (Fsp3) is 0.310. The van der Waals surface area contributed by atoms with E-state index in [0.717, 1.165) is 71.0 Å². The van der Waals surface area contributed by atoms with Crippen LogP contribution in [0.15, 0.2) is 60.9 Å². The van der Waals surface area contributed by atoms with Gasteiger partial charge in [-0.25, -0.2) is 15.0 Å². The topological polar surface area (TPSA) is 110 Å². The van der Waals surface area contributed by atoms with Crippen LogP contribution in [0.4, 0.5) is 11.5 Å². The van der Waals surface area contributed by atoms with Gasteiger partial charge in [-0.05, 0) is 50.2 Å². The predicted molar refractivity (Wildman–Crippen MR) is 151 cm³/mol. The van der Waals surface area contributed by atoms with Crippen LogP contribution in [0.3, 0.4) is 0 Å². The van der Waals surface area contributed by atoms with Gasteiger partial charge >= 0.3 is 0 Å². The third-order valence-corrected chi connectivity index (χ3v) is 6.78. The number of aromatic nitrogens is 5. The van der Waals surface area contributed by atoms with Crippen LogP contribution in [0.2, 0.25) is 0 Å². The summed E-state index contributed by atoms with van der Waals surface area (Å²) in [7, 11) is 0.